The fraction of sp³-hybridized carbons (Fsp3) is 0.238. The van der Waals surface area contributed by atoms with Crippen molar-refractivity contribution in [3.63, 3.8) is 0 Å². The van der Waals surface area contributed by atoms with E-state index >= 15 is 0 Å². The standard InChI is InChI=1S/C21H19BrN4O3S/c1-4-17(27)25-15-8-6-5-7-13(15)18-19(28)23-21(30-3)24-26(18)20(25)12-9-10-16(29-2)14(22)11-12/h5-11,20H,4H2,1-3H3/p+1/t20-/m0/s1. The Hall–Kier alpha value is -2.65. The van der Waals surface area contributed by atoms with E-state index in [1.54, 1.807) is 16.7 Å². The number of nitrogens with one attached hydrogen (secondary N) is 1. The second kappa shape index (κ2) is 8.23. The maximum absolute atomic E-state index is 13.1. The summed E-state index contributed by atoms with van der Waals surface area (Å²) in [4.78, 5) is 30.7. The second-order valence-electron chi connectivity index (χ2n) is 6.66. The van der Waals surface area contributed by atoms with Gasteiger partial charge in [-0.05, 0) is 57.2 Å². The Morgan fingerprint density at radius 1 is 1.33 bits per heavy atom. The van der Waals surface area contributed by atoms with Crippen LogP contribution in [0.15, 0.2) is 56.9 Å². The summed E-state index contributed by atoms with van der Waals surface area (Å²) >= 11 is 4.87. The first-order chi connectivity index (χ1) is 14.5. The highest BCUT2D eigenvalue weighted by atomic mass is 79.9. The SMILES string of the molecule is CCC(=O)N1c2ccccc2-c2c(=O)[nH]c(SC)n[n+]2[C@H]1c1ccc(OC)c(Br)c1. The Kier molecular flexibility index (Phi) is 5.66. The number of rotatable bonds is 4. The van der Waals surface area contributed by atoms with E-state index in [0.717, 1.165) is 10.0 Å². The van der Waals surface area contributed by atoms with Gasteiger partial charge in [-0.1, -0.05) is 30.8 Å². The predicted octanol–water partition coefficient (Wildman–Crippen LogP) is 3.52. The molecule has 0 aliphatic carbocycles. The van der Waals surface area contributed by atoms with Crippen LogP contribution in [-0.2, 0) is 4.79 Å². The highest BCUT2D eigenvalue weighted by Crippen LogP contribution is 2.39. The number of aromatic nitrogens is 3. The number of carbonyl (C=O) groups is 1. The topological polar surface area (TPSA) is 79.2 Å². The summed E-state index contributed by atoms with van der Waals surface area (Å²) in [6.45, 7) is 1.82. The first-order valence-corrected chi connectivity index (χ1v) is 11.4. The molecule has 1 atom stereocenters. The minimum atomic E-state index is -0.613. The smallest absolute Gasteiger partial charge is 0.325 e. The number of methoxy groups -OCH3 is 1. The Bertz CT molecular complexity index is 1200. The van der Waals surface area contributed by atoms with E-state index in [4.69, 9.17) is 4.74 Å². The van der Waals surface area contributed by atoms with Crippen molar-refractivity contribution in [2.24, 2.45) is 0 Å². The highest BCUT2D eigenvalue weighted by Gasteiger charge is 2.45. The highest BCUT2D eigenvalue weighted by molar-refractivity contribution is 9.10. The van der Waals surface area contributed by atoms with E-state index in [1.807, 2.05) is 55.6 Å². The molecule has 0 radical (unpaired) electrons. The molecule has 0 bridgehead atoms. The molecule has 1 N–H and O–H groups in total. The Morgan fingerprint density at radius 2 is 2.10 bits per heavy atom. The molecule has 7 nitrogen and oxygen atoms in total. The van der Waals surface area contributed by atoms with Crippen molar-refractivity contribution in [1.82, 2.24) is 10.1 Å². The third-order valence-electron chi connectivity index (χ3n) is 5.00. The molecule has 1 aliphatic heterocycles. The van der Waals surface area contributed by atoms with E-state index in [2.05, 4.69) is 26.0 Å². The van der Waals surface area contributed by atoms with Crippen molar-refractivity contribution in [3.8, 4) is 17.0 Å². The number of fused-ring (bicyclic) bond motifs is 3. The summed E-state index contributed by atoms with van der Waals surface area (Å²) in [5, 5.41) is 5.15. The van der Waals surface area contributed by atoms with E-state index < -0.39 is 6.17 Å². The van der Waals surface area contributed by atoms with Gasteiger partial charge in [0.15, 0.2) is 0 Å². The Labute approximate surface area is 186 Å². The van der Waals surface area contributed by atoms with Crippen LogP contribution >= 0.6 is 27.7 Å². The molecule has 9 heteroatoms. The van der Waals surface area contributed by atoms with Crippen LogP contribution < -0.4 is 19.9 Å². The molecular formula is C21H20BrN4O3S+. The molecule has 30 heavy (non-hydrogen) atoms. The van der Waals surface area contributed by atoms with Gasteiger partial charge < -0.3 is 4.74 Å². The third kappa shape index (κ3) is 3.31. The summed E-state index contributed by atoms with van der Waals surface area (Å²) in [6, 6.07) is 13.0. The molecule has 1 amide bonds. The van der Waals surface area contributed by atoms with Gasteiger partial charge in [0.2, 0.25) is 11.1 Å². The molecule has 154 valence electrons. The molecule has 1 aromatic heterocycles. The van der Waals surface area contributed by atoms with Gasteiger partial charge in [-0.2, -0.15) is 0 Å². The lowest BCUT2D eigenvalue weighted by Gasteiger charge is -2.32. The van der Waals surface area contributed by atoms with E-state index in [1.165, 1.54) is 11.8 Å². The van der Waals surface area contributed by atoms with Crippen molar-refractivity contribution in [2.75, 3.05) is 18.3 Å². The van der Waals surface area contributed by atoms with Gasteiger partial charge in [0, 0.05) is 17.1 Å². The van der Waals surface area contributed by atoms with Crippen molar-refractivity contribution in [2.45, 2.75) is 24.7 Å². The number of hydrogen-bond acceptors (Lipinski definition) is 5. The van der Waals surface area contributed by atoms with Crippen molar-refractivity contribution >= 4 is 39.3 Å². The molecule has 0 unspecified atom stereocenters. The van der Waals surface area contributed by atoms with Crippen LogP contribution in [0.3, 0.4) is 0 Å². The zero-order chi connectivity index (χ0) is 21.4. The number of anilines is 1. The second-order valence-corrected chi connectivity index (χ2v) is 8.31. The van der Waals surface area contributed by atoms with Crippen molar-refractivity contribution < 1.29 is 14.2 Å². The number of ether oxygens (including phenoxy) is 1. The molecule has 2 heterocycles. The van der Waals surface area contributed by atoms with Crippen LogP contribution in [0.2, 0.25) is 0 Å². The quantitative estimate of drug-likeness (QED) is 0.449. The molecule has 1 aliphatic rings. The van der Waals surface area contributed by atoms with Gasteiger partial charge in [0.25, 0.3) is 6.17 Å². The number of benzene rings is 2. The average Bonchev–Trinajstić information content (AvgIpc) is 2.77. The molecular weight excluding hydrogens is 468 g/mol. The predicted molar refractivity (Wildman–Crippen MR) is 119 cm³/mol. The van der Waals surface area contributed by atoms with Gasteiger partial charge in [-0.15, -0.1) is 0 Å². The lowest BCUT2D eigenvalue weighted by atomic mass is 10.0. The molecule has 4 rings (SSSR count). The number of nitrogens with zero attached hydrogens (tertiary/aromatic N) is 3. The zero-order valence-corrected chi connectivity index (χ0v) is 19.1. The first-order valence-electron chi connectivity index (χ1n) is 9.35. The average molecular weight is 488 g/mol. The largest absolute Gasteiger partial charge is 0.496 e. The third-order valence-corrected chi connectivity index (χ3v) is 6.19. The number of aromatic amines is 1. The number of H-pyrrole nitrogens is 1. The summed E-state index contributed by atoms with van der Waals surface area (Å²) in [7, 11) is 1.60. The maximum atomic E-state index is 13.1. The van der Waals surface area contributed by atoms with Crippen LogP contribution in [0.4, 0.5) is 5.69 Å². The minimum Gasteiger partial charge on any atom is -0.496 e. The summed E-state index contributed by atoms with van der Waals surface area (Å²) < 4.78 is 7.76. The first kappa shape index (κ1) is 20.6. The number of carbonyl (C=O) groups excluding carboxylic acids is 1. The van der Waals surface area contributed by atoms with Crippen LogP contribution in [0.25, 0.3) is 11.3 Å². The molecule has 0 saturated heterocycles. The number of thioether (sulfide) groups is 1. The Balaban J connectivity index is 2.07. The normalized spacial score (nSPS) is 14.8. The maximum Gasteiger partial charge on any atom is 0.325 e. The van der Waals surface area contributed by atoms with Crippen molar-refractivity contribution in [1.29, 1.82) is 0 Å². The fourth-order valence-electron chi connectivity index (χ4n) is 3.65. The van der Waals surface area contributed by atoms with Gasteiger partial charge in [0.05, 0.1) is 22.8 Å². The lowest BCUT2D eigenvalue weighted by molar-refractivity contribution is -0.763. The summed E-state index contributed by atoms with van der Waals surface area (Å²) in [5.41, 5.74) is 2.33. The monoisotopic (exact) mass is 487 g/mol. The molecule has 2 aromatic carbocycles. The summed E-state index contributed by atoms with van der Waals surface area (Å²) in [6.07, 6.45) is 1.55. The molecule has 0 spiro atoms. The minimum absolute atomic E-state index is 0.0645. The molecule has 0 saturated carbocycles. The van der Waals surface area contributed by atoms with E-state index in [-0.39, 0.29) is 11.5 Å². The number of halogens is 1. The number of para-hydroxylation sites is 1. The number of amides is 1. The van der Waals surface area contributed by atoms with Crippen LogP contribution in [-0.4, -0.2) is 29.4 Å². The Morgan fingerprint density at radius 3 is 2.77 bits per heavy atom. The number of hydrogen-bond donors (Lipinski definition) is 1. The lowest BCUT2D eigenvalue weighted by Crippen LogP contribution is -2.60. The van der Waals surface area contributed by atoms with Crippen LogP contribution in [0, 0.1) is 0 Å². The zero-order valence-electron chi connectivity index (χ0n) is 16.7. The van der Waals surface area contributed by atoms with Gasteiger partial charge >= 0.3 is 11.3 Å². The fourth-order valence-corrected chi connectivity index (χ4v) is 4.57. The van der Waals surface area contributed by atoms with Crippen LogP contribution in [0.1, 0.15) is 25.1 Å². The van der Waals surface area contributed by atoms with E-state index in [0.29, 0.717) is 34.3 Å². The van der Waals surface area contributed by atoms with E-state index in [9.17, 15) is 9.59 Å². The van der Waals surface area contributed by atoms with Gasteiger partial charge in [-0.25, -0.2) is 4.90 Å². The molecule has 0 fully saturated rings. The van der Waals surface area contributed by atoms with Crippen LogP contribution in [0.5, 0.6) is 5.75 Å². The summed E-state index contributed by atoms with van der Waals surface area (Å²) in [5.74, 6) is 0.613. The molecule has 3 aromatic rings. The van der Waals surface area contributed by atoms with Gasteiger partial charge in [0.1, 0.15) is 5.75 Å². The van der Waals surface area contributed by atoms with Crippen molar-refractivity contribution in [3.05, 3.63) is 62.9 Å². The van der Waals surface area contributed by atoms with Gasteiger partial charge in [-0.3, -0.25) is 14.6 Å².